The molecule has 3 aromatic carbocycles. The number of para-hydroxylation sites is 2. The second kappa shape index (κ2) is 8.13. The molecule has 5 aromatic rings. The number of fused-ring (bicyclic) bond motifs is 2. The summed E-state index contributed by atoms with van der Waals surface area (Å²) in [5.74, 6) is -0.943. The van der Waals surface area contributed by atoms with E-state index >= 15 is 0 Å². The summed E-state index contributed by atoms with van der Waals surface area (Å²) < 4.78 is 4.60. The van der Waals surface area contributed by atoms with Crippen molar-refractivity contribution >= 4 is 38.4 Å². The molecule has 2 heterocycles. The van der Waals surface area contributed by atoms with Crippen LogP contribution in [-0.4, -0.2) is 20.2 Å². The van der Waals surface area contributed by atoms with Crippen LogP contribution in [0, 0.1) is 6.92 Å². The van der Waals surface area contributed by atoms with Crippen molar-refractivity contribution in [2.45, 2.75) is 25.9 Å². The minimum Gasteiger partial charge on any atom is -0.481 e. The molecule has 0 bridgehead atoms. The molecule has 32 heavy (non-hydrogen) atoms. The van der Waals surface area contributed by atoms with Gasteiger partial charge in [0, 0.05) is 10.1 Å². The molecule has 0 amide bonds. The van der Waals surface area contributed by atoms with Crippen molar-refractivity contribution in [3.63, 3.8) is 0 Å². The Hall–Kier alpha value is -3.64. The van der Waals surface area contributed by atoms with E-state index in [9.17, 15) is 14.7 Å². The Labute approximate surface area is 188 Å². The molecular formula is C26H22N2O3S. The lowest BCUT2D eigenvalue weighted by atomic mass is 10.0. The van der Waals surface area contributed by atoms with Gasteiger partial charge in [-0.05, 0) is 47.2 Å². The number of carbonyl (C=O) groups is 1. The van der Waals surface area contributed by atoms with Gasteiger partial charge in [-0.3, -0.25) is 13.9 Å². The number of hydrogen-bond acceptors (Lipinski definition) is 3. The third-order valence-corrected chi connectivity index (χ3v) is 6.94. The summed E-state index contributed by atoms with van der Waals surface area (Å²) >= 11 is 1.68. The topological polar surface area (TPSA) is 64.2 Å². The van der Waals surface area contributed by atoms with E-state index in [0.717, 1.165) is 22.2 Å². The Morgan fingerprint density at radius 3 is 2.44 bits per heavy atom. The number of hydrogen-bond donors (Lipinski definition) is 1. The maximum atomic E-state index is 13.8. The van der Waals surface area contributed by atoms with Crippen LogP contribution in [0.5, 0.6) is 0 Å². The number of thiophene rings is 1. The van der Waals surface area contributed by atoms with E-state index in [0.29, 0.717) is 6.54 Å². The van der Waals surface area contributed by atoms with E-state index < -0.39 is 12.0 Å². The third-order valence-electron chi connectivity index (χ3n) is 5.95. The number of imidazole rings is 1. The molecule has 0 aliphatic heterocycles. The summed E-state index contributed by atoms with van der Waals surface area (Å²) in [7, 11) is 0. The zero-order valence-corrected chi connectivity index (χ0v) is 18.4. The van der Waals surface area contributed by atoms with Crippen LogP contribution in [0.15, 0.2) is 83.0 Å². The van der Waals surface area contributed by atoms with Crippen LogP contribution in [0.3, 0.4) is 0 Å². The maximum absolute atomic E-state index is 13.8. The highest BCUT2D eigenvalue weighted by Crippen LogP contribution is 2.31. The first-order chi connectivity index (χ1) is 15.5. The third kappa shape index (κ3) is 3.42. The Bertz CT molecular complexity index is 1490. The van der Waals surface area contributed by atoms with Crippen LogP contribution in [-0.2, 0) is 11.3 Å². The zero-order valence-electron chi connectivity index (χ0n) is 17.6. The van der Waals surface area contributed by atoms with Crippen molar-refractivity contribution in [1.29, 1.82) is 0 Å². The molecule has 0 radical (unpaired) electrons. The summed E-state index contributed by atoms with van der Waals surface area (Å²) in [6.07, 6.45) is -0.168. The van der Waals surface area contributed by atoms with E-state index in [1.54, 1.807) is 20.5 Å². The average Bonchev–Trinajstić information content (AvgIpc) is 3.33. The first-order valence-corrected chi connectivity index (χ1v) is 11.3. The predicted octanol–water partition coefficient (Wildman–Crippen LogP) is 5.44. The standard InChI is InChI=1S/C26H22N2O3S/c1-17-8-7-13-23-25(17)19(16-32-23)15-27-20-11-5-6-12-21(20)28(26(27)31)22(14-24(29)30)18-9-3-2-4-10-18/h2-13,16,22H,14-15H2,1H3,(H,29,30)/t22-/m0/s1. The van der Waals surface area contributed by atoms with Gasteiger partial charge in [-0.25, -0.2) is 4.79 Å². The highest BCUT2D eigenvalue weighted by Gasteiger charge is 2.24. The monoisotopic (exact) mass is 442 g/mol. The molecule has 0 saturated carbocycles. The maximum Gasteiger partial charge on any atom is 0.330 e. The molecule has 1 N–H and O–H groups in total. The highest BCUT2D eigenvalue weighted by molar-refractivity contribution is 7.17. The van der Waals surface area contributed by atoms with Gasteiger partial charge in [0.15, 0.2) is 0 Å². The number of aliphatic carboxylic acids is 1. The van der Waals surface area contributed by atoms with E-state index in [1.165, 1.54) is 15.6 Å². The van der Waals surface area contributed by atoms with Crippen molar-refractivity contribution in [2.75, 3.05) is 0 Å². The van der Waals surface area contributed by atoms with Gasteiger partial charge in [0.25, 0.3) is 0 Å². The minimum absolute atomic E-state index is 0.168. The van der Waals surface area contributed by atoms with E-state index in [-0.39, 0.29) is 12.1 Å². The van der Waals surface area contributed by atoms with Gasteiger partial charge in [-0.1, -0.05) is 54.6 Å². The van der Waals surface area contributed by atoms with Crippen molar-refractivity contribution in [3.05, 3.63) is 105 Å². The number of carboxylic acids is 1. The van der Waals surface area contributed by atoms with E-state index in [2.05, 4.69) is 24.4 Å². The lowest BCUT2D eigenvalue weighted by Crippen LogP contribution is -2.29. The van der Waals surface area contributed by atoms with Gasteiger partial charge in [-0.2, -0.15) is 0 Å². The predicted molar refractivity (Wildman–Crippen MR) is 129 cm³/mol. The smallest absolute Gasteiger partial charge is 0.330 e. The fraction of sp³-hybridized carbons (Fsp3) is 0.154. The first-order valence-electron chi connectivity index (χ1n) is 10.5. The molecule has 5 nitrogen and oxygen atoms in total. The van der Waals surface area contributed by atoms with Crippen LogP contribution in [0.2, 0.25) is 0 Å². The summed E-state index contributed by atoms with van der Waals surface area (Å²) in [6.45, 7) is 2.52. The van der Waals surface area contributed by atoms with Gasteiger partial charge < -0.3 is 5.11 Å². The second-order valence-corrected chi connectivity index (χ2v) is 8.87. The summed E-state index contributed by atoms with van der Waals surface area (Å²) in [5.41, 5.74) is 4.43. The normalized spacial score (nSPS) is 12.4. The van der Waals surface area contributed by atoms with Gasteiger partial charge in [0.05, 0.1) is 30.0 Å². The number of aromatic nitrogens is 2. The zero-order chi connectivity index (χ0) is 22.2. The SMILES string of the molecule is Cc1cccc2scc(Cn3c(=O)n([C@@H](CC(=O)O)c4ccccc4)c4ccccc43)c12. The minimum atomic E-state index is -0.943. The average molecular weight is 443 g/mol. The van der Waals surface area contributed by atoms with Gasteiger partial charge in [-0.15, -0.1) is 11.3 Å². The first kappa shape index (κ1) is 20.3. The number of carboxylic acid groups (broad SMARTS) is 1. The fourth-order valence-corrected chi connectivity index (χ4v) is 5.54. The summed E-state index contributed by atoms with van der Waals surface area (Å²) in [6, 6.07) is 22.6. The van der Waals surface area contributed by atoms with Crippen molar-refractivity contribution in [1.82, 2.24) is 9.13 Å². The molecule has 5 rings (SSSR count). The molecule has 0 aliphatic carbocycles. The van der Waals surface area contributed by atoms with Crippen LogP contribution in [0.4, 0.5) is 0 Å². The second-order valence-electron chi connectivity index (χ2n) is 7.96. The van der Waals surface area contributed by atoms with Gasteiger partial charge in [0.2, 0.25) is 0 Å². The van der Waals surface area contributed by atoms with Crippen LogP contribution < -0.4 is 5.69 Å². The van der Waals surface area contributed by atoms with Crippen molar-refractivity contribution < 1.29 is 9.90 Å². The molecule has 1 atom stereocenters. The Morgan fingerprint density at radius 2 is 1.69 bits per heavy atom. The quantitative estimate of drug-likeness (QED) is 0.381. The number of benzene rings is 3. The number of aryl methyl sites for hydroxylation is 1. The number of rotatable bonds is 6. The van der Waals surface area contributed by atoms with Crippen LogP contribution in [0.1, 0.15) is 29.2 Å². The van der Waals surface area contributed by atoms with Gasteiger partial charge in [0.1, 0.15) is 0 Å². The Morgan fingerprint density at radius 1 is 0.969 bits per heavy atom. The molecule has 0 saturated heterocycles. The Balaban J connectivity index is 1.71. The molecule has 2 aromatic heterocycles. The van der Waals surface area contributed by atoms with Crippen molar-refractivity contribution in [3.8, 4) is 0 Å². The molecule has 0 aliphatic rings. The molecule has 0 unspecified atom stereocenters. The number of nitrogens with zero attached hydrogens (tertiary/aromatic N) is 2. The van der Waals surface area contributed by atoms with E-state index in [4.69, 9.17) is 0 Å². The molecule has 0 spiro atoms. The fourth-order valence-electron chi connectivity index (χ4n) is 4.52. The van der Waals surface area contributed by atoms with Crippen molar-refractivity contribution in [2.24, 2.45) is 0 Å². The Kier molecular flexibility index (Phi) is 5.15. The largest absolute Gasteiger partial charge is 0.481 e. The van der Waals surface area contributed by atoms with Crippen LogP contribution >= 0.6 is 11.3 Å². The van der Waals surface area contributed by atoms with Gasteiger partial charge >= 0.3 is 11.7 Å². The molecular weight excluding hydrogens is 420 g/mol. The van der Waals surface area contributed by atoms with E-state index in [1.807, 2.05) is 60.7 Å². The lowest BCUT2D eigenvalue weighted by Gasteiger charge is -2.17. The lowest BCUT2D eigenvalue weighted by molar-refractivity contribution is -0.137. The molecule has 6 heteroatoms. The summed E-state index contributed by atoms with van der Waals surface area (Å²) in [5, 5.41) is 12.9. The summed E-state index contributed by atoms with van der Waals surface area (Å²) in [4.78, 5) is 25.5. The van der Waals surface area contributed by atoms with Crippen LogP contribution in [0.25, 0.3) is 21.1 Å². The highest BCUT2D eigenvalue weighted by atomic mass is 32.1. The molecule has 160 valence electrons. The molecule has 0 fully saturated rings.